The van der Waals surface area contributed by atoms with Crippen LogP contribution >= 0.6 is 43.5 Å². The van der Waals surface area contributed by atoms with Gasteiger partial charge in [0.2, 0.25) is 11.8 Å². The maximum atomic E-state index is 12.8. The van der Waals surface area contributed by atoms with E-state index in [9.17, 15) is 19.2 Å². The van der Waals surface area contributed by atoms with Gasteiger partial charge >= 0.3 is 5.97 Å². The first-order valence-electron chi connectivity index (χ1n) is 9.54. The number of alkyl halides is 2. The number of carbonyl (C=O) groups excluding carboxylic acids is 4. The van der Waals surface area contributed by atoms with E-state index in [2.05, 4.69) is 37.2 Å². The first-order chi connectivity index (χ1) is 14.2. The number of aryl methyl sites for hydroxylation is 1. The lowest BCUT2D eigenvalue weighted by atomic mass is 9.81. The van der Waals surface area contributed by atoms with E-state index in [0.717, 1.165) is 16.9 Å². The number of esters is 1. The molecule has 1 saturated heterocycles. The number of nitrogens with one attached hydrogen (secondary N) is 1. The standard InChI is InChI=1S/C20H19Br2ClN2O5/c1-8-2-3-9(4-12(8)23)24-13(26)7-30-14(27)6-25-19(28)15-10-5-11(16(15)20(25)29)18(22)17(10)21/h2-4,10-11,15-18H,5-7H2,1H3,(H,24,26)/t10-,11-,15-,16+,17-,18+/m1/s1. The molecule has 1 N–H and O–H groups in total. The largest absolute Gasteiger partial charge is 0.454 e. The molecule has 160 valence electrons. The smallest absolute Gasteiger partial charge is 0.326 e. The lowest BCUT2D eigenvalue weighted by molar-refractivity contribution is -0.154. The fourth-order valence-corrected chi connectivity index (χ4v) is 6.81. The lowest BCUT2D eigenvalue weighted by Crippen LogP contribution is -2.38. The molecule has 1 aliphatic heterocycles. The van der Waals surface area contributed by atoms with Gasteiger partial charge in [-0.25, -0.2) is 0 Å². The summed E-state index contributed by atoms with van der Waals surface area (Å²) < 4.78 is 4.97. The van der Waals surface area contributed by atoms with Crippen molar-refractivity contribution in [3.63, 3.8) is 0 Å². The number of hydrogen-bond acceptors (Lipinski definition) is 5. The minimum Gasteiger partial charge on any atom is -0.454 e. The highest BCUT2D eigenvalue weighted by Crippen LogP contribution is 2.60. The number of amides is 3. The summed E-state index contributed by atoms with van der Waals surface area (Å²) in [5, 5.41) is 3.09. The van der Waals surface area contributed by atoms with E-state index in [0.29, 0.717) is 10.7 Å². The maximum Gasteiger partial charge on any atom is 0.326 e. The number of anilines is 1. The van der Waals surface area contributed by atoms with Crippen molar-refractivity contribution in [2.24, 2.45) is 23.7 Å². The topological polar surface area (TPSA) is 92.8 Å². The van der Waals surface area contributed by atoms with Gasteiger partial charge in [-0.15, -0.1) is 0 Å². The van der Waals surface area contributed by atoms with E-state index in [1.807, 2.05) is 6.92 Å². The maximum absolute atomic E-state index is 12.8. The fourth-order valence-electron chi connectivity index (χ4n) is 4.75. The molecule has 0 unspecified atom stereocenters. The van der Waals surface area contributed by atoms with E-state index in [4.69, 9.17) is 16.3 Å². The molecule has 2 saturated carbocycles. The van der Waals surface area contributed by atoms with E-state index >= 15 is 0 Å². The van der Waals surface area contributed by atoms with Crippen molar-refractivity contribution in [2.75, 3.05) is 18.5 Å². The highest BCUT2D eigenvalue weighted by Gasteiger charge is 2.66. The molecule has 1 aromatic carbocycles. The fraction of sp³-hybridized carbons (Fsp3) is 0.500. The highest BCUT2D eigenvalue weighted by molar-refractivity contribution is 9.12. The van der Waals surface area contributed by atoms with Crippen LogP contribution in [-0.2, 0) is 23.9 Å². The first kappa shape index (κ1) is 21.8. The van der Waals surface area contributed by atoms with Gasteiger partial charge in [0.15, 0.2) is 6.61 Å². The van der Waals surface area contributed by atoms with Crippen molar-refractivity contribution in [1.82, 2.24) is 4.90 Å². The van der Waals surface area contributed by atoms with Gasteiger partial charge in [-0.1, -0.05) is 49.5 Å². The second kappa shape index (κ2) is 8.24. The number of imide groups is 1. The Hall–Kier alpha value is -1.45. The lowest BCUT2D eigenvalue weighted by Gasteiger charge is -2.28. The molecule has 10 heteroatoms. The predicted molar refractivity (Wildman–Crippen MR) is 117 cm³/mol. The predicted octanol–water partition coefficient (Wildman–Crippen LogP) is 2.91. The average Bonchev–Trinajstić information content (AvgIpc) is 3.30. The molecule has 1 heterocycles. The summed E-state index contributed by atoms with van der Waals surface area (Å²) in [6.07, 6.45) is 0.820. The Labute approximate surface area is 195 Å². The zero-order valence-electron chi connectivity index (χ0n) is 15.9. The van der Waals surface area contributed by atoms with E-state index in [1.165, 1.54) is 0 Å². The number of nitrogens with zero attached hydrogens (tertiary/aromatic N) is 1. The third kappa shape index (κ3) is 3.69. The molecule has 2 aliphatic carbocycles. The molecular formula is C20H19Br2ClN2O5. The molecule has 0 spiro atoms. The van der Waals surface area contributed by atoms with Gasteiger partial charge in [-0.3, -0.25) is 24.1 Å². The quantitative estimate of drug-likeness (QED) is 0.339. The van der Waals surface area contributed by atoms with Crippen LogP contribution in [0.15, 0.2) is 18.2 Å². The Kier molecular flexibility index (Phi) is 5.98. The van der Waals surface area contributed by atoms with Crippen molar-refractivity contribution in [2.45, 2.75) is 23.0 Å². The Bertz CT molecular complexity index is 910. The van der Waals surface area contributed by atoms with Crippen LogP contribution in [-0.4, -0.2) is 51.4 Å². The molecule has 7 nitrogen and oxygen atoms in total. The normalized spacial score (nSPS) is 31.8. The molecule has 0 aromatic heterocycles. The summed E-state index contributed by atoms with van der Waals surface area (Å²) in [7, 11) is 0. The van der Waals surface area contributed by atoms with Crippen molar-refractivity contribution >= 4 is 72.8 Å². The van der Waals surface area contributed by atoms with Gasteiger partial charge < -0.3 is 10.1 Å². The van der Waals surface area contributed by atoms with Crippen LogP contribution in [0, 0.1) is 30.6 Å². The van der Waals surface area contributed by atoms with Gasteiger partial charge in [0.05, 0.1) is 11.8 Å². The molecule has 1 aromatic rings. The van der Waals surface area contributed by atoms with E-state index in [1.54, 1.807) is 18.2 Å². The average molecular weight is 563 g/mol. The van der Waals surface area contributed by atoms with Gasteiger partial charge in [0, 0.05) is 20.4 Å². The molecule has 0 radical (unpaired) electrons. The number of benzene rings is 1. The number of carbonyl (C=O) groups is 4. The number of hydrogen-bond donors (Lipinski definition) is 1. The van der Waals surface area contributed by atoms with Crippen LogP contribution in [0.5, 0.6) is 0 Å². The van der Waals surface area contributed by atoms with Crippen LogP contribution in [0.3, 0.4) is 0 Å². The van der Waals surface area contributed by atoms with Crippen LogP contribution in [0.4, 0.5) is 5.69 Å². The Morgan fingerprint density at radius 1 is 1.17 bits per heavy atom. The molecule has 4 rings (SSSR count). The van der Waals surface area contributed by atoms with Gasteiger partial charge in [-0.05, 0) is 42.9 Å². The second-order valence-electron chi connectivity index (χ2n) is 7.94. The third-order valence-electron chi connectivity index (χ3n) is 6.19. The third-order valence-corrected chi connectivity index (χ3v) is 9.80. The van der Waals surface area contributed by atoms with Crippen LogP contribution in [0.1, 0.15) is 12.0 Å². The number of halogens is 3. The molecular weight excluding hydrogens is 543 g/mol. The summed E-state index contributed by atoms with van der Waals surface area (Å²) in [5.74, 6) is -2.60. The SMILES string of the molecule is Cc1ccc(NC(=O)COC(=O)CN2C(=O)[C@@H]3[C@H]4C[C@@H]([C@H](Br)[C@@H]4Br)[C@@H]3C2=O)cc1Cl. The first-order valence-corrected chi connectivity index (χ1v) is 11.7. The molecule has 6 atom stereocenters. The number of fused-ring (bicyclic) bond motifs is 5. The highest BCUT2D eigenvalue weighted by atomic mass is 79.9. The van der Waals surface area contributed by atoms with Crippen LogP contribution in [0.25, 0.3) is 0 Å². The van der Waals surface area contributed by atoms with E-state index in [-0.39, 0.29) is 45.1 Å². The zero-order valence-corrected chi connectivity index (χ0v) is 19.9. The monoisotopic (exact) mass is 560 g/mol. The zero-order chi connectivity index (χ0) is 21.7. The summed E-state index contributed by atoms with van der Waals surface area (Å²) in [6, 6.07) is 5.04. The number of ether oxygens (including phenoxy) is 1. The van der Waals surface area contributed by atoms with Crippen molar-refractivity contribution in [3.8, 4) is 0 Å². The molecule has 30 heavy (non-hydrogen) atoms. The van der Waals surface area contributed by atoms with Crippen LogP contribution in [0.2, 0.25) is 5.02 Å². The Morgan fingerprint density at radius 2 is 1.77 bits per heavy atom. The minimum atomic E-state index is -0.799. The summed E-state index contributed by atoms with van der Waals surface area (Å²) in [5.41, 5.74) is 1.35. The molecule has 3 aliphatic rings. The summed E-state index contributed by atoms with van der Waals surface area (Å²) in [4.78, 5) is 51.0. The van der Waals surface area contributed by atoms with Crippen molar-refractivity contribution < 1.29 is 23.9 Å². The van der Waals surface area contributed by atoms with Crippen LogP contribution < -0.4 is 5.32 Å². The van der Waals surface area contributed by atoms with Gasteiger partial charge in [0.1, 0.15) is 6.54 Å². The van der Waals surface area contributed by atoms with E-state index < -0.39 is 25.0 Å². The second-order valence-corrected chi connectivity index (χ2v) is 10.5. The minimum absolute atomic E-state index is 0.0777. The van der Waals surface area contributed by atoms with Gasteiger partial charge in [-0.2, -0.15) is 0 Å². The molecule has 2 bridgehead atoms. The number of rotatable bonds is 5. The van der Waals surface area contributed by atoms with Crippen molar-refractivity contribution in [3.05, 3.63) is 28.8 Å². The van der Waals surface area contributed by atoms with Crippen molar-refractivity contribution in [1.29, 1.82) is 0 Å². The molecule has 3 amide bonds. The summed E-state index contributed by atoms with van der Waals surface area (Å²) >= 11 is 13.3. The Balaban J connectivity index is 1.31. The Morgan fingerprint density at radius 3 is 2.33 bits per heavy atom. The summed E-state index contributed by atoms with van der Waals surface area (Å²) in [6.45, 7) is 0.839. The van der Waals surface area contributed by atoms with Gasteiger partial charge in [0.25, 0.3) is 5.91 Å². The molecule has 3 fully saturated rings. The number of likely N-dealkylation sites (tertiary alicyclic amines) is 1.